The minimum Gasteiger partial charge on any atom is -0.488 e. The maximum atomic E-state index is 12.9. The monoisotopic (exact) mass is 592 g/mol. The summed E-state index contributed by atoms with van der Waals surface area (Å²) < 4.78 is 6.31. The molecule has 4 rings (SSSR count). The zero-order valence-corrected chi connectivity index (χ0v) is 25.8. The van der Waals surface area contributed by atoms with Gasteiger partial charge in [0.1, 0.15) is 11.9 Å². The lowest BCUT2D eigenvalue weighted by atomic mass is 9.82. The Morgan fingerprint density at radius 2 is 1.52 bits per heavy atom. The number of nitrogens with two attached hydrogens (primary N) is 2. The normalized spacial score (nSPS) is 17.2. The van der Waals surface area contributed by atoms with E-state index in [-0.39, 0.29) is 17.8 Å². The number of hydrogen-bond acceptors (Lipinski definition) is 5. The number of carbonyl (C=O) groups excluding carboxylic acids is 1. The van der Waals surface area contributed by atoms with Gasteiger partial charge in [0.25, 0.3) is 0 Å². The number of carbonyl (C=O) groups is 2. The van der Waals surface area contributed by atoms with E-state index in [1.807, 2.05) is 48.5 Å². The van der Waals surface area contributed by atoms with Crippen LogP contribution in [0.2, 0.25) is 0 Å². The topological polar surface area (TPSA) is 116 Å². The van der Waals surface area contributed by atoms with E-state index in [2.05, 4.69) is 38.1 Å². The molecule has 0 saturated heterocycles. The van der Waals surface area contributed by atoms with Crippen molar-refractivity contribution in [2.24, 2.45) is 11.5 Å². The fraction of sp³-hybridized carbons (Fsp3) is 0.316. The van der Waals surface area contributed by atoms with E-state index in [1.54, 1.807) is 24.3 Å². The lowest BCUT2D eigenvalue weighted by molar-refractivity contribution is -0.132. The number of aliphatic carboxylic acids is 1. The third-order valence-corrected chi connectivity index (χ3v) is 8.02. The van der Waals surface area contributed by atoms with Gasteiger partial charge in [0.2, 0.25) is 0 Å². The van der Waals surface area contributed by atoms with E-state index in [0.717, 1.165) is 36.0 Å². The van der Waals surface area contributed by atoms with Crippen molar-refractivity contribution in [2.45, 2.75) is 76.9 Å². The Labute approximate surface area is 261 Å². The zero-order valence-electron chi connectivity index (χ0n) is 25.8. The number of ether oxygens (including phenoxy) is 1. The number of allylic oxidation sites excluding steroid dienone is 2. The van der Waals surface area contributed by atoms with Gasteiger partial charge < -0.3 is 21.3 Å². The predicted molar refractivity (Wildman–Crippen MR) is 178 cm³/mol. The summed E-state index contributed by atoms with van der Waals surface area (Å²) in [6.45, 7) is 4.30. The highest BCUT2D eigenvalue weighted by molar-refractivity contribution is 6.07. The Morgan fingerprint density at radius 1 is 0.886 bits per heavy atom. The van der Waals surface area contributed by atoms with Gasteiger partial charge in [-0.25, -0.2) is 4.79 Å². The molecule has 3 aromatic carbocycles. The van der Waals surface area contributed by atoms with Crippen LogP contribution >= 0.6 is 0 Å². The number of ketones is 1. The summed E-state index contributed by atoms with van der Waals surface area (Å²) in [4.78, 5) is 24.5. The first kappa shape index (κ1) is 32.5. The number of unbranched alkanes of at least 4 members (excludes halogenated alkanes) is 3. The van der Waals surface area contributed by atoms with Gasteiger partial charge in [-0.2, -0.15) is 0 Å². The fourth-order valence-electron chi connectivity index (χ4n) is 5.47. The Morgan fingerprint density at radius 3 is 2.14 bits per heavy atom. The molecular formula is C38H44N2O4. The average molecular weight is 593 g/mol. The smallest absolute Gasteiger partial charge is 0.331 e. The first-order valence-electron chi connectivity index (χ1n) is 15.6. The lowest BCUT2D eigenvalue weighted by Crippen LogP contribution is -2.52. The molecule has 1 aliphatic rings. The van der Waals surface area contributed by atoms with E-state index in [4.69, 9.17) is 16.2 Å². The molecule has 6 nitrogen and oxygen atoms in total. The van der Waals surface area contributed by atoms with Gasteiger partial charge in [-0.1, -0.05) is 99.8 Å². The summed E-state index contributed by atoms with van der Waals surface area (Å²) >= 11 is 0. The SMILES string of the molecule is CCCCCc1ccc(-c2ccc(C(=O)/C=C/c3ccc(OC(CCCC)C4(N)C=C(N)CC(C(=O)O)=C4)cc3)cc2)cc1. The van der Waals surface area contributed by atoms with Gasteiger partial charge >= 0.3 is 5.97 Å². The molecule has 6 heteroatoms. The van der Waals surface area contributed by atoms with Crippen LogP contribution in [0.15, 0.2) is 102 Å². The molecule has 0 aromatic heterocycles. The van der Waals surface area contributed by atoms with Crippen LogP contribution in [0.1, 0.15) is 80.3 Å². The summed E-state index contributed by atoms with van der Waals surface area (Å²) in [5, 5.41) is 9.55. The fourth-order valence-corrected chi connectivity index (χ4v) is 5.47. The van der Waals surface area contributed by atoms with Crippen LogP contribution in [0, 0.1) is 0 Å². The van der Waals surface area contributed by atoms with Crippen molar-refractivity contribution in [3.8, 4) is 16.9 Å². The van der Waals surface area contributed by atoms with Crippen molar-refractivity contribution >= 4 is 17.8 Å². The van der Waals surface area contributed by atoms with E-state index in [1.165, 1.54) is 24.8 Å². The molecule has 44 heavy (non-hydrogen) atoms. The minimum absolute atomic E-state index is 0.0736. The van der Waals surface area contributed by atoms with Crippen LogP contribution in [-0.4, -0.2) is 28.5 Å². The zero-order chi connectivity index (χ0) is 31.5. The molecule has 0 amide bonds. The highest BCUT2D eigenvalue weighted by Gasteiger charge is 2.37. The second kappa shape index (κ2) is 15.3. The van der Waals surface area contributed by atoms with Gasteiger partial charge in [-0.3, -0.25) is 4.79 Å². The molecule has 0 radical (unpaired) electrons. The first-order chi connectivity index (χ1) is 21.2. The summed E-state index contributed by atoms with van der Waals surface area (Å²) in [5.74, 6) is -0.503. The molecule has 2 unspecified atom stereocenters. The van der Waals surface area contributed by atoms with Crippen molar-refractivity contribution in [3.63, 3.8) is 0 Å². The second-order valence-electron chi connectivity index (χ2n) is 11.6. The van der Waals surface area contributed by atoms with Crippen molar-refractivity contribution < 1.29 is 19.4 Å². The van der Waals surface area contributed by atoms with Crippen LogP contribution in [0.3, 0.4) is 0 Å². The third kappa shape index (κ3) is 8.80. The van der Waals surface area contributed by atoms with Gasteiger partial charge in [-0.05, 0) is 78.3 Å². The van der Waals surface area contributed by atoms with Crippen LogP contribution in [0.4, 0.5) is 0 Å². The summed E-state index contributed by atoms with van der Waals surface area (Å²) in [7, 11) is 0. The predicted octanol–water partition coefficient (Wildman–Crippen LogP) is 7.87. The maximum absolute atomic E-state index is 12.9. The third-order valence-electron chi connectivity index (χ3n) is 8.02. The van der Waals surface area contributed by atoms with Crippen molar-refractivity contribution in [1.29, 1.82) is 0 Å². The molecule has 0 saturated carbocycles. The molecule has 3 aromatic rings. The second-order valence-corrected chi connectivity index (χ2v) is 11.6. The number of hydrogen-bond donors (Lipinski definition) is 3. The summed E-state index contributed by atoms with van der Waals surface area (Å²) in [5.41, 5.74) is 17.2. The molecule has 0 fully saturated rings. The van der Waals surface area contributed by atoms with E-state index >= 15 is 0 Å². The molecule has 1 aliphatic carbocycles. The largest absolute Gasteiger partial charge is 0.488 e. The van der Waals surface area contributed by atoms with E-state index < -0.39 is 17.6 Å². The standard InChI is InChI=1S/C38H44N2O4/c1-3-5-7-8-27-10-15-29(16-11-27)30-17-19-31(20-18-30)35(41)23-14-28-12-21-34(22-13-28)44-36(9-6-4-2)38(40)25-32(37(42)43)24-33(39)26-38/h10-23,25-26,36H,3-9,24,39-40H2,1-2H3,(H,42,43)/b23-14+. The molecule has 0 bridgehead atoms. The first-order valence-corrected chi connectivity index (χ1v) is 15.6. The highest BCUT2D eigenvalue weighted by atomic mass is 16.5. The highest BCUT2D eigenvalue weighted by Crippen LogP contribution is 2.30. The van der Waals surface area contributed by atoms with Gasteiger partial charge in [-0.15, -0.1) is 0 Å². The maximum Gasteiger partial charge on any atom is 0.331 e. The van der Waals surface area contributed by atoms with Crippen LogP contribution in [-0.2, 0) is 11.2 Å². The Balaban J connectivity index is 1.39. The number of carboxylic acid groups (broad SMARTS) is 1. The van der Waals surface area contributed by atoms with Gasteiger partial charge in [0.05, 0.1) is 5.54 Å². The number of carboxylic acids is 1. The van der Waals surface area contributed by atoms with Crippen molar-refractivity contribution in [1.82, 2.24) is 0 Å². The molecule has 2 atom stereocenters. The number of aryl methyl sites for hydroxylation is 1. The molecule has 0 heterocycles. The average Bonchev–Trinajstić information content (AvgIpc) is 3.02. The van der Waals surface area contributed by atoms with Gasteiger partial charge in [0, 0.05) is 23.3 Å². The van der Waals surface area contributed by atoms with Gasteiger partial charge in [0.15, 0.2) is 5.78 Å². The Bertz CT molecular complexity index is 1500. The Hall–Kier alpha value is -4.42. The summed E-state index contributed by atoms with van der Waals surface area (Å²) in [6.07, 6.45) is 13.5. The molecule has 5 N–H and O–H groups in total. The van der Waals surface area contributed by atoms with E-state index in [0.29, 0.717) is 23.4 Å². The molecule has 0 aliphatic heterocycles. The Kier molecular flexibility index (Phi) is 11.3. The molecule has 230 valence electrons. The van der Waals surface area contributed by atoms with Crippen molar-refractivity contribution in [3.05, 3.63) is 119 Å². The minimum atomic E-state index is -1.14. The van der Waals surface area contributed by atoms with Crippen LogP contribution in [0.5, 0.6) is 5.75 Å². The van der Waals surface area contributed by atoms with Crippen LogP contribution < -0.4 is 16.2 Å². The van der Waals surface area contributed by atoms with Crippen molar-refractivity contribution in [2.75, 3.05) is 0 Å². The summed E-state index contributed by atoms with van der Waals surface area (Å²) in [6, 6.07) is 23.8. The quantitative estimate of drug-likeness (QED) is 0.0939. The lowest BCUT2D eigenvalue weighted by Gasteiger charge is -2.36. The van der Waals surface area contributed by atoms with Crippen LogP contribution in [0.25, 0.3) is 17.2 Å². The molecule has 0 spiro atoms. The number of rotatable bonds is 15. The molecular weight excluding hydrogens is 548 g/mol. The number of benzene rings is 3. The van der Waals surface area contributed by atoms with E-state index in [9.17, 15) is 14.7 Å².